The Hall–Kier alpha value is -1.82. The lowest BCUT2D eigenvalue weighted by Gasteiger charge is -2.29. The maximum Gasteiger partial charge on any atom is 0.200 e. The number of allylic oxidation sites excluding steroid dienone is 4. The minimum Gasteiger partial charge on any atom is -0.494 e. The van der Waals surface area contributed by atoms with E-state index < -0.39 is 23.3 Å². The van der Waals surface area contributed by atoms with Gasteiger partial charge in [0, 0.05) is 13.5 Å². The molecular formula is C28H38F4O2. The summed E-state index contributed by atoms with van der Waals surface area (Å²) >= 11 is 0. The molecule has 0 unspecified atom stereocenters. The number of methoxy groups -OCH3 is 2. The Bertz CT molecular complexity index is 863. The van der Waals surface area contributed by atoms with Crippen LogP contribution < -0.4 is 4.74 Å². The summed E-state index contributed by atoms with van der Waals surface area (Å²) in [5.41, 5.74) is 0.910. The maximum atomic E-state index is 14.9. The van der Waals surface area contributed by atoms with Crippen LogP contribution in [0.5, 0.6) is 5.75 Å². The van der Waals surface area contributed by atoms with Crippen molar-refractivity contribution in [2.24, 2.45) is 11.8 Å². The molecule has 0 aromatic heterocycles. The standard InChI is InChI=1S/C28H38F4O2/c1-4-22(19-12-14-21(33-2)15-13-19)26(30)24(29)7-5-6-18-8-10-20(11-9-18)23-16-17-25(34-3)28(32)27(23)31/h4,16-21H,5-15H2,1-3H3/b22-4-,26-24-. The largest absolute Gasteiger partial charge is 0.494 e. The topological polar surface area (TPSA) is 18.5 Å². The van der Waals surface area contributed by atoms with E-state index in [-0.39, 0.29) is 30.1 Å². The lowest BCUT2D eigenvalue weighted by Crippen LogP contribution is -2.21. The Kier molecular flexibility index (Phi) is 10.0. The fraction of sp³-hybridized carbons (Fsp3) is 0.643. The first kappa shape index (κ1) is 26.8. The van der Waals surface area contributed by atoms with Gasteiger partial charge in [-0.1, -0.05) is 18.6 Å². The Balaban J connectivity index is 1.47. The van der Waals surface area contributed by atoms with Gasteiger partial charge in [-0.25, -0.2) is 13.2 Å². The van der Waals surface area contributed by atoms with Crippen LogP contribution >= 0.6 is 0 Å². The van der Waals surface area contributed by atoms with Crippen molar-refractivity contribution in [2.45, 2.75) is 89.6 Å². The average molecular weight is 483 g/mol. The molecule has 0 aliphatic heterocycles. The van der Waals surface area contributed by atoms with E-state index in [0.29, 0.717) is 23.5 Å². The van der Waals surface area contributed by atoms with Gasteiger partial charge in [0.05, 0.1) is 13.2 Å². The lowest BCUT2D eigenvalue weighted by atomic mass is 9.77. The van der Waals surface area contributed by atoms with Crippen molar-refractivity contribution >= 4 is 0 Å². The third-order valence-electron chi connectivity index (χ3n) is 7.84. The Morgan fingerprint density at radius 2 is 1.62 bits per heavy atom. The molecule has 0 N–H and O–H groups in total. The van der Waals surface area contributed by atoms with Gasteiger partial charge >= 0.3 is 0 Å². The fourth-order valence-corrected chi connectivity index (χ4v) is 5.75. The van der Waals surface area contributed by atoms with E-state index in [1.165, 1.54) is 13.2 Å². The van der Waals surface area contributed by atoms with Crippen molar-refractivity contribution in [1.29, 1.82) is 0 Å². The first-order valence-electron chi connectivity index (χ1n) is 12.6. The number of rotatable bonds is 9. The van der Waals surface area contributed by atoms with E-state index in [4.69, 9.17) is 9.47 Å². The van der Waals surface area contributed by atoms with Gasteiger partial charge in [-0.2, -0.15) is 4.39 Å². The minimum absolute atomic E-state index is 0.0174. The van der Waals surface area contributed by atoms with Crippen molar-refractivity contribution in [3.8, 4) is 5.75 Å². The van der Waals surface area contributed by atoms with E-state index in [2.05, 4.69) is 0 Å². The molecule has 34 heavy (non-hydrogen) atoms. The van der Waals surface area contributed by atoms with Crippen LogP contribution in [0, 0.1) is 23.5 Å². The summed E-state index contributed by atoms with van der Waals surface area (Å²) in [4.78, 5) is 0. The predicted octanol–water partition coefficient (Wildman–Crippen LogP) is 8.72. The van der Waals surface area contributed by atoms with Crippen molar-refractivity contribution in [1.82, 2.24) is 0 Å². The Morgan fingerprint density at radius 1 is 0.941 bits per heavy atom. The summed E-state index contributed by atoms with van der Waals surface area (Å²) in [7, 11) is 3.02. The van der Waals surface area contributed by atoms with Gasteiger partial charge in [0.15, 0.2) is 17.4 Å². The molecule has 0 atom stereocenters. The summed E-state index contributed by atoms with van der Waals surface area (Å²) in [5, 5.41) is 0. The molecule has 2 nitrogen and oxygen atoms in total. The van der Waals surface area contributed by atoms with Crippen LogP contribution in [-0.2, 0) is 4.74 Å². The highest BCUT2D eigenvalue weighted by Crippen LogP contribution is 2.41. The molecule has 2 aliphatic carbocycles. The quantitative estimate of drug-likeness (QED) is 0.259. The summed E-state index contributed by atoms with van der Waals surface area (Å²) in [6, 6.07) is 3.09. The summed E-state index contributed by atoms with van der Waals surface area (Å²) in [6.45, 7) is 1.78. The van der Waals surface area contributed by atoms with Crippen LogP contribution in [0.4, 0.5) is 17.6 Å². The second-order valence-corrected chi connectivity index (χ2v) is 9.77. The minimum atomic E-state index is -0.932. The molecule has 190 valence electrons. The molecule has 6 heteroatoms. The van der Waals surface area contributed by atoms with Gasteiger partial charge in [-0.3, -0.25) is 0 Å². The zero-order valence-electron chi connectivity index (χ0n) is 20.6. The van der Waals surface area contributed by atoms with Gasteiger partial charge in [0.1, 0.15) is 5.83 Å². The van der Waals surface area contributed by atoms with Gasteiger partial charge in [-0.05, 0) is 99.7 Å². The number of benzene rings is 1. The van der Waals surface area contributed by atoms with Crippen LogP contribution in [0.1, 0.15) is 89.0 Å². The maximum absolute atomic E-state index is 14.9. The lowest BCUT2D eigenvalue weighted by molar-refractivity contribution is 0.0612. The number of halogens is 4. The second-order valence-electron chi connectivity index (χ2n) is 9.77. The molecule has 0 heterocycles. The third-order valence-corrected chi connectivity index (χ3v) is 7.84. The molecule has 0 radical (unpaired) electrons. The molecule has 0 saturated heterocycles. The first-order valence-corrected chi connectivity index (χ1v) is 12.6. The molecule has 1 aromatic carbocycles. The molecule has 0 bridgehead atoms. The van der Waals surface area contributed by atoms with Gasteiger partial charge in [0.25, 0.3) is 0 Å². The van der Waals surface area contributed by atoms with E-state index in [1.807, 2.05) is 0 Å². The highest BCUT2D eigenvalue weighted by molar-refractivity contribution is 5.33. The van der Waals surface area contributed by atoms with Crippen molar-refractivity contribution in [3.63, 3.8) is 0 Å². The van der Waals surface area contributed by atoms with Crippen LogP contribution in [0.2, 0.25) is 0 Å². The third kappa shape index (κ3) is 6.44. The molecule has 1 aromatic rings. The van der Waals surface area contributed by atoms with E-state index >= 15 is 0 Å². The highest BCUT2D eigenvalue weighted by Gasteiger charge is 2.28. The summed E-state index contributed by atoms with van der Waals surface area (Å²) in [6.07, 6.45) is 10.2. The van der Waals surface area contributed by atoms with Crippen LogP contribution in [0.15, 0.2) is 35.4 Å². The van der Waals surface area contributed by atoms with Crippen LogP contribution in [0.25, 0.3) is 0 Å². The van der Waals surface area contributed by atoms with Crippen LogP contribution in [0.3, 0.4) is 0 Å². The first-order chi connectivity index (χ1) is 16.4. The molecule has 0 spiro atoms. The van der Waals surface area contributed by atoms with Gasteiger partial charge < -0.3 is 9.47 Å². The smallest absolute Gasteiger partial charge is 0.200 e. The van der Waals surface area contributed by atoms with Crippen molar-refractivity contribution in [2.75, 3.05) is 14.2 Å². The molecule has 3 rings (SSSR count). The van der Waals surface area contributed by atoms with E-state index in [0.717, 1.165) is 57.8 Å². The zero-order valence-corrected chi connectivity index (χ0v) is 20.6. The zero-order chi connectivity index (χ0) is 24.7. The molecule has 0 amide bonds. The molecule has 2 saturated carbocycles. The SMILES string of the molecule is C/C=C(\C(F)=C(\F)CCCC1CCC(c2ccc(OC)c(F)c2F)CC1)C1CCC(OC)CC1. The average Bonchev–Trinajstić information content (AvgIpc) is 2.87. The Labute approximate surface area is 201 Å². The number of hydrogen-bond acceptors (Lipinski definition) is 2. The molecule has 2 fully saturated rings. The predicted molar refractivity (Wildman–Crippen MR) is 127 cm³/mol. The van der Waals surface area contributed by atoms with Gasteiger partial charge in [0.2, 0.25) is 5.82 Å². The Morgan fingerprint density at radius 3 is 2.21 bits per heavy atom. The monoisotopic (exact) mass is 482 g/mol. The fourth-order valence-electron chi connectivity index (χ4n) is 5.75. The highest BCUT2D eigenvalue weighted by atomic mass is 19.2. The summed E-state index contributed by atoms with van der Waals surface area (Å²) in [5.74, 6) is -2.71. The van der Waals surface area contributed by atoms with Crippen molar-refractivity contribution < 1.29 is 27.0 Å². The normalized spacial score (nSPS) is 26.9. The van der Waals surface area contributed by atoms with E-state index in [9.17, 15) is 17.6 Å². The number of ether oxygens (including phenoxy) is 2. The second kappa shape index (κ2) is 12.8. The number of hydrogen-bond donors (Lipinski definition) is 0. The van der Waals surface area contributed by atoms with Gasteiger partial charge in [-0.15, -0.1) is 0 Å². The van der Waals surface area contributed by atoms with E-state index in [1.54, 1.807) is 26.2 Å². The van der Waals surface area contributed by atoms with Crippen molar-refractivity contribution in [3.05, 3.63) is 52.6 Å². The van der Waals surface area contributed by atoms with Crippen LogP contribution in [-0.4, -0.2) is 20.3 Å². The molecule has 2 aliphatic rings. The molecular weight excluding hydrogens is 444 g/mol. The summed E-state index contributed by atoms with van der Waals surface area (Å²) < 4.78 is 68.3.